The second-order valence-corrected chi connectivity index (χ2v) is 10.6. The summed E-state index contributed by atoms with van der Waals surface area (Å²) in [6.45, 7) is 0.280. The molecule has 0 N–H and O–H groups in total. The van der Waals surface area contributed by atoms with Gasteiger partial charge in [-0.25, -0.2) is 0 Å². The highest BCUT2D eigenvalue weighted by atomic mass is 19.4. The van der Waals surface area contributed by atoms with Crippen LogP contribution in [0.1, 0.15) is 35.1 Å². The minimum Gasteiger partial charge on any atom is -0.367 e. The summed E-state index contributed by atoms with van der Waals surface area (Å²) in [5, 5.41) is 6.35. The van der Waals surface area contributed by atoms with Crippen molar-refractivity contribution in [1.29, 1.82) is 0 Å². The van der Waals surface area contributed by atoms with Crippen LogP contribution in [0.25, 0.3) is 0 Å². The van der Waals surface area contributed by atoms with Gasteiger partial charge in [0.15, 0.2) is 0 Å². The minimum atomic E-state index is -4.73. The molecule has 0 aliphatic carbocycles. The van der Waals surface area contributed by atoms with Gasteiger partial charge in [-0.2, -0.15) is 18.3 Å². The van der Waals surface area contributed by atoms with Crippen molar-refractivity contribution >= 4 is 6.21 Å². The minimum absolute atomic E-state index is 0.210. The number of ether oxygens (including phenoxy) is 2. The Kier molecular flexibility index (Phi) is 9.09. The zero-order valence-corrected chi connectivity index (χ0v) is 23.6. The van der Waals surface area contributed by atoms with Gasteiger partial charge in [0.2, 0.25) is 5.60 Å². The van der Waals surface area contributed by atoms with Gasteiger partial charge in [0, 0.05) is 20.1 Å². The van der Waals surface area contributed by atoms with E-state index in [1.54, 1.807) is 66.7 Å². The van der Waals surface area contributed by atoms with Crippen LogP contribution < -0.4 is 0 Å². The van der Waals surface area contributed by atoms with Gasteiger partial charge in [-0.15, -0.1) is 0 Å². The number of benzene rings is 4. The number of hydrazone groups is 1. The van der Waals surface area contributed by atoms with E-state index >= 15 is 13.2 Å². The van der Waals surface area contributed by atoms with Gasteiger partial charge < -0.3 is 9.47 Å². The maximum Gasteiger partial charge on any atom is 0.423 e. The SMILES string of the molecule is COC(c1ccccc1)(c1ccccc1)[C@@H]1CCCN1/N=C/[C@](Cc1ccccc1)(OCc1ccccc1)C(F)(F)F. The topological polar surface area (TPSA) is 34.1 Å². The Labute approximate surface area is 245 Å². The molecule has 0 radical (unpaired) electrons. The lowest BCUT2D eigenvalue weighted by Crippen LogP contribution is -2.52. The zero-order chi connectivity index (χ0) is 29.5. The zero-order valence-electron chi connectivity index (χ0n) is 23.6. The summed E-state index contributed by atoms with van der Waals surface area (Å²) in [7, 11) is 1.65. The van der Waals surface area contributed by atoms with E-state index in [0.717, 1.165) is 23.8 Å². The molecule has 0 saturated carbocycles. The molecule has 7 heteroatoms. The molecule has 4 aromatic rings. The van der Waals surface area contributed by atoms with Crippen LogP contribution in [-0.4, -0.2) is 42.7 Å². The van der Waals surface area contributed by atoms with Crippen LogP contribution in [0.4, 0.5) is 13.2 Å². The summed E-state index contributed by atoms with van der Waals surface area (Å²) in [6, 6.07) is 36.8. The lowest BCUT2D eigenvalue weighted by atomic mass is 9.79. The maximum absolute atomic E-state index is 15.1. The highest BCUT2D eigenvalue weighted by Gasteiger charge is 2.56. The van der Waals surface area contributed by atoms with Crippen molar-refractivity contribution in [3.05, 3.63) is 144 Å². The average Bonchev–Trinajstić information content (AvgIpc) is 3.50. The number of methoxy groups -OCH3 is 1. The third-order valence-electron chi connectivity index (χ3n) is 7.96. The molecular formula is C35H35F3N2O2. The second-order valence-electron chi connectivity index (χ2n) is 10.6. The van der Waals surface area contributed by atoms with E-state index in [4.69, 9.17) is 9.47 Å². The first kappa shape index (κ1) is 29.5. The first-order valence-corrected chi connectivity index (χ1v) is 14.1. The third-order valence-corrected chi connectivity index (χ3v) is 7.96. The van der Waals surface area contributed by atoms with E-state index in [-0.39, 0.29) is 12.6 Å². The maximum atomic E-state index is 15.1. The third kappa shape index (κ3) is 6.13. The Morgan fingerprint density at radius 3 is 1.76 bits per heavy atom. The van der Waals surface area contributed by atoms with E-state index in [2.05, 4.69) is 5.10 Å². The van der Waals surface area contributed by atoms with Crippen molar-refractivity contribution in [2.45, 2.75) is 49.3 Å². The quantitative estimate of drug-likeness (QED) is 0.172. The summed E-state index contributed by atoms with van der Waals surface area (Å²) in [5.41, 5.74) is -0.603. The summed E-state index contributed by atoms with van der Waals surface area (Å²) in [5.74, 6) is 0. The second kappa shape index (κ2) is 12.9. The number of halogens is 3. The Hall–Kier alpha value is -3.94. The Balaban J connectivity index is 1.56. The van der Waals surface area contributed by atoms with Crippen molar-refractivity contribution in [2.75, 3.05) is 13.7 Å². The highest BCUT2D eigenvalue weighted by molar-refractivity contribution is 5.71. The fraction of sp³-hybridized carbons (Fsp3) is 0.286. The molecule has 4 aromatic carbocycles. The molecule has 2 atom stereocenters. The van der Waals surface area contributed by atoms with E-state index in [9.17, 15) is 0 Å². The Morgan fingerprint density at radius 1 is 0.762 bits per heavy atom. The molecule has 0 spiro atoms. The lowest BCUT2D eigenvalue weighted by molar-refractivity contribution is -0.249. The number of hydrogen-bond donors (Lipinski definition) is 0. The molecule has 5 rings (SSSR count). The van der Waals surface area contributed by atoms with Gasteiger partial charge in [0.05, 0.1) is 18.9 Å². The molecule has 4 nitrogen and oxygen atoms in total. The van der Waals surface area contributed by atoms with Crippen LogP contribution >= 0.6 is 0 Å². The smallest absolute Gasteiger partial charge is 0.367 e. The number of nitrogens with zero attached hydrogens (tertiary/aromatic N) is 2. The predicted molar refractivity (Wildman–Crippen MR) is 159 cm³/mol. The van der Waals surface area contributed by atoms with Gasteiger partial charge in [0.1, 0.15) is 5.60 Å². The number of alkyl halides is 3. The average molecular weight is 573 g/mol. The van der Waals surface area contributed by atoms with Crippen molar-refractivity contribution < 1.29 is 22.6 Å². The van der Waals surface area contributed by atoms with Crippen LogP contribution in [0.15, 0.2) is 126 Å². The van der Waals surface area contributed by atoms with E-state index < -0.39 is 23.8 Å². The van der Waals surface area contributed by atoms with Crippen molar-refractivity contribution in [2.24, 2.45) is 5.10 Å². The Bertz CT molecular complexity index is 1380. The summed E-state index contributed by atoms with van der Waals surface area (Å²) >= 11 is 0. The molecule has 1 aliphatic rings. The molecule has 0 bridgehead atoms. The fourth-order valence-electron chi connectivity index (χ4n) is 5.84. The van der Waals surface area contributed by atoms with Crippen molar-refractivity contribution in [3.8, 4) is 0 Å². The van der Waals surface area contributed by atoms with Gasteiger partial charge in [0.25, 0.3) is 0 Å². The Morgan fingerprint density at radius 2 is 1.26 bits per heavy atom. The fourth-order valence-corrected chi connectivity index (χ4v) is 5.84. The van der Waals surface area contributed by atoms with E-state index in [1.807, 2.05) is 66.7 Å². The molecule has 1 fully saturated rings. The monoisotopic (exact) mass is 572 g/mol. The first-order valence-electron chi connectivity index (χ1n) is 14.1. The highest BCUT2D eigenvalue weighted by Crippen LogP contribution is 2.44. The van der Waals surface area contributed by atoms with E-state index in [1.165, 1.54) is 0 Å². The van der Waals surface area contributed by atoms with Gasteiger partial charge in [-0.1, -0.05) is 121 Å². The molecule has 1 heterocycles. The van der Waals surface area contributed by atoms with Crippen LogP contribution in [0.3, 0.4) is 0 Å². The largest absolute Gasteiger partial charge is 0.423 e. The summed E-state index contributed by atoms with van der Waals surface area (Å²) < 4.78 is 57.5. The lowest BCUT2D eigenvalue weighted by Gasteiger charge is -2.42. The summed E-state index contributed by atoms with van der Waals surface area (Å²) in [6.07, 6.45) is -2.71. The van der Waals surface area contributed by atoms with Crippen LogP contribution in [0.2, 0.25) is 0 Å². The molecule has 0 amide bonds. The molecule has 218 valence electrons. The van der Waals surface area contributed by atoms with Crippen molar-refractivity contribution in [1.82, 2.24) is 5.01 Å². The molecule has 1 aliphatic heterocycles. The normalized spacial score (nSPS) is 17.4. The van der Waals surface area contributed by atoms with Crippen LogP contribution in [0.5, 0.6) is 0 Å². The predicted octanol–water partition coefficient (Wildman–Crippen LogP) is 7.79. The molecular weight excluding hydrogens is 537 g/mol. The standard InChI is InChI=1S/C35H35F3N2O2/c1-41-34(30-19-10-4-11-20-30,31-21-12-5-13-22-31)32-23-14-24-40(32)39-27-33(35(36,37)38,25-28-15-6-2-7-16-28)42-26-29-17-8-3-9-18-29/h2-13,15-22,27,32H,14,23-26H2,1H3/b39-27+/t32-,33-/m0/s1. The number of rotatable bonds is 11. The molecule has 0 unspecified atom stereocenters. The number of hydrogen-bond acceptors (Lipinski definition) is 4. The molecule has 0 aromatic heterocycles. The van der Waals surface area contributed by atoms with Crippen molar-refractivity contribution in [3.63, 3.8) is 0 Å². The van der Waals surface area contributed by atoms with E-state index in [0.29, 0.717) is 24.1 Å². The summed E-state index contributed by atoms with van der Waals surface area (Å²) in [4.78, 5) is 0. The van der Waals surface area contributed by atoms with Crippen LogP contribution in [-0.2, 0) is 28.1 Å². The van der Waals surface area contributed by atoms with Gasteiger partial charge >= 0.3 is 6.18 Å². The molecule has 42 heavy (non-hydrogen) atoms. The van der Waals surface area contributed by atoms with Gasteiger partial charge in [-0.05, 0) is 35.1 Å². The molecule has 1 saturated heterocycles. The van der Waals surface area contributed by atoms with Gasteiger partial charge in [-0.3, -0.25) is 5.01 Å². The first-order chi connectivity index (χ1) is 20.4. The van der Waals surface area contributed by atoms with Crippen LogP contribution in [0, 0.1) is 0 Å².